The zero-order valence-electron chi connectivity index (χ0n) is 9.04. The Morgan fingerprint density at radius 1 is 1.41 bits per heavy atom. The lowest BCUT2D eigenvalue weighted by molar-refractivity contribution is 0.0912. The second-order valence-electron chi connectivity index (χ2n) is 3.49. The molecule has 0 saturated heterocycles. The van der Waals surface area contributed by atoms with E-state index in [1.807, 2.05) is 30.3 Å². The average molecular weight is 248 g/mol. The van der Waals surface area contributed by atoms with E-state index in [1.165, 1.54) is 11.3 Å². The Bertz CT molecular complexity index is 471. The quantitative estimate of drug-likeness (QED) is 0.864. The van der Waals surface area contributed by atoms with Gasteiger partial charge in [0.2, 0.25) is 0 Å². The molecule has 1 atom stereocenters. The van der Waals surface area contributed by atoms with E-state index in [4.69, 9.17) is 0 Å². The molecule has 1 heterocycles. The highest BCUT2D eigenvalue weighted by atomic mass is 32.1. The number of benzene rings is 1. The fourth-order valence-corrected chi connectivity index (χ4v) is 2.01. The van der Waals surface area contributed by atoms with Crippen molar-refractivity contribution < 1.29 is 9.90 Å². The van der Waals surface area contributed by atoms with Gasteiger partial charge in [-0.05, 0) is 5.56 Å². The van der Waals surface area contributed by atoms with Gasteiger partial charge in [0.15, 0.2) is 0 Å². The summed E-state index contributed by atoms with van der Waals surface area (Å²) in [4.78, 5) is 15.7. The minimum atomic E-state index is -0.398. The molecule has 17 heavy (non-hydrogen) atoms. The lowest BCUT2D eigenvalue weighted by Crippen LogP contribution is -2.30. The van der Waals surface area contributed by atoms with Crippen LogP contribution in [0.2, 0.25) is 0 Å². The summed E-state index contributed by atoms with van der Waals surface area (Å²) in [7, 11) is 0. The predicted molar refractivity (Wildman–Crippen MR) is 65.8 cm³/mol. The Morgan fingerprint density at radius 2 is 2.18 bits per heavy atom. The third kappa shape index (κ3) is 2.89. The zero-order chi connectivity index (χ0) is 12.1. The number of aliphatic hydroxyl groups excluding tert-OH is 1. The number of nitrogens with one attached hydrogen (secondary N) is 1. The molecule has 0 radical (unpaired) electrons. The van der Waals surface area contributed by atoms with Gasteiger partial charge in [0.25, 0.3) is 5.91 Å². The normalized spacial score (nSPS) is 12.1. The number of carbonyl (C=O) groups is 1. The maximum absolute atomic E-state index is 11.8. The molecule has 0 spiro atoms. The molecule has 1 amide bonds. The minimum Gasteiger partial charge on any atom is -0.394 e. The van der Waals surface area contributed by atoms with E-state index < -0.39 is 6.04 Å². The van der Waals surface area contributed by atoms with E-state index >= 15 is 0 Å². The smallest absolute Gasteiger partial charge is 0.271 e. The van der Waals surface area contributed by atoms with Crippen LogP contribution in [0, 0.1) is 0 Å². The van der Waals surface area contributed by atoms with E-state index in [2.05, 4.69) is 10.3 Å². The zero-order valence-corrected chi connectivity index (χ0v) is 9.85. The summed E-state index contributed by atoms with van der Waals surface area (Å²) in [6, 6.07) is 8.95. The van der Waals surface area contributed by atoms with Gasteiger partial charge in [0.1, 0.15) is 5.69 Å². The van der Waals surface area contributed by atoms with Crippen molar-refractivity contribution in [2.75, 3.05) is 6.61 Å². The fourth-order valence-electron chi connectivity index (χ4n) is 1.48. The molecule has 0 bridgehead atoms. The van der Waals surface area contributed by atoms with Gasteiger partial charge in [-0.25, -0.2) is 4.98 Å². The summed E-state index contributed by atoms with van der Waals surface area (Å²) in [5, 5.41) is 13.7. The van der Waals surface area contributed by atoms with Crippen molar-refractivity contribution in [2.45, 2.75) is 6.04 Å². The molecule has 0 aliphatic heterocycles. The van der Waals surface area contributed by atoms with E-state index in [0.717, 1.165) is 5.56 Å². The van der Waals surface area contributed by atoms with Gasteiger partial charge in [-0.2, -0.15) is 0 Å². The molecule has 1 aromatic carbocycles. The molecular formula is C12H12N2O2S. The van der Waals surface area contributed by atoms with Crippen molar-refractivity contribution in [2.24, 2.45) is 0 Å². The molecule has 5 heteroatoms. The number of carbonyl (C=O) groups excluding carboxylic acids is 1. The Kier molecular flexibility index (Phi) is 3.85. The maximum Gasteiger partial charge on any atom is 0.271 e. The van der Waals surface area contributed by atoms with Gasteiger partial charge in [-0.3, -0.25) is 4.79 Å². The first kappa shape index (κ1) is 11.8. The Labute approximate surface area is 103 Å². The summed E-state index contributed by atoms with van der Waals surface area (Å²) in [5.41, 5.74) is 2.86. The second-order valence-corrected chi connectivity index (χ2v) is 4.21. The van der Waals surface area contributed by atoms with Crippen LogP contribution in [0.1, 0.15) is 22.1 Å². The number of thiazole rings is 1. The Hall–Kier alpha value is -1.72. The molecule has 0 saturated carbocycles. The highest BCUT2D eigenvalue weighted by Gasteiger charge is 2.15. The fraction of sp³-hybridized carbons (Fsp3) is 0.167. The molecule has 2 rings (SSSR count). The van der Waals surface area contributed by atoms with Crippen LogP contribution in [0.5, 0.6) is 0 Å². The molecular weight excluding hydrogens is 236 g/mol. The molecule has 0 aliphatic rings. The van der Waals surface area contributed by atoms with Crippen LogP contribution >= 0.6 is 11.3 Å². The van der Waals surface area contributed by atoms with Crippen LogP contribution in [0.3, 0.4) is 0 Å². The molecule has 4 nitrogen and oxygen atoms in total. The van der Waals surface area contributed by atoms with Crippen LogP contribution in [-0.2, 0) is 0 Å². The number of nitrogens with zero attached hydrogens (tertiary/aromatic N) is 1. The van der Waals surface area contributed by atoms with Crippen molar-refractivity contribution in [3.05, 3.63) is 52.5 Å². The SMILES string of the molecule is O=C(N[C@H](CO)c1ccccc1)c1cscn1. The van der Waals surface area contributed by atoms with E-state index in [-0.39, 0.29) is 12.5 Å². The minimum absolute atomic E-state index is 0.139. The summed E-state index contributed by atoms with van der Waals surface area (Å²) >= 11 is 1.36. The maximum atomic E-state index is 11.8. The number of aromatic nitrogens is 1. The van der Waals surface area contributed by atoms with Gasteiger partial charge in [0, 0.05) is 5.38 Å². The summed E-state index contributed by atoms with van der Waals surface area (Å²) in [6.07, 6.45) is 0. The largest absolute Gasteiger partial charge is 0.394 e. The number of aliphatic hydroxyl groups is 1. The summed E-state index contributed by atoms with van der Waals surface area (Å²) < 4.78 is 0. The number of hydrogen-bond acceptors (Lipinski definition) is 4. The third-order valence-electron chi connectivity index (χ3n) is 2.35. The van der Waals surface area contributed by atoms with Gasteiger partial charge in [-0.15, -0.1) is 11.3 Å². The standard InChI is InChI=1S/C12H12N2O2S/c15-6-10(9-4-2-1-3-5-9)14-12(16)11-7-17-8-13-11/h1-5,7-8,10,15H,6H2,(H,14,16)/t10-/m1/s1. The van der Waals surface area contributed by atoms with Crippen molar-refractivity contribution >= 4 is 17.2 Å². The number of amides is 1. The van der Waals surface area contributed by atoms with Crippen molar-refractivity contribution in [1.29, 1.82) is 0 Å². The first-order chi connectivity index (χ1) is 8.31. The van der Waals surface area contributed by atoms with E-state index in [0.29, 0.717) is 5.69 Å². The molecule has 0 unspecified atom stereocenters. The van der Waals surface area contributed by atoms with Crippen LogP contribution in [0.15, 0.2) is 41.2 Å². The van der Waals surface area contributed by atoms with Crippen LogP contribution in [0.4, 0.5) is 0 Å². The Morgan fingerprint density at radius 3 is 2.76 bits per heavy atom. The van der Waals surface area contributed by atoms with E-state index in [1.54, 1.807) is 10.9 Å². The molecule has 2 aromatic rings. The van der Waals surface area contributed by atoms with Gasteiger partial charge < -0.3 is 10.4 Å². The molecule has 1 aromatic heterocycles. The van der Waals surface area contributed by atoms with E-state index in [9.17, 15) is 9.90 Å². The second kappa shape index (κ2) is 5.56. The summed E-state index contributed by atoms with van der Waals surface area (Å²) in [6.45, 7) is -0.139. The van der Waals surface area contributed by atoms with Gasteiger partial charge in [0.05, 0.1) is 18.2 Å². The lowest BCUT2D eigenvalue weighted by Gasteiger charge is -2.15. The highest BCUT2D eigenvalue weighted by Crippen LogP contribution is 2.12. The van der Waals surface area contributed by atoms with Crippen LogP contribution in [-0.4, -0.2) is 22.6 Å². The molecule has 88 valence electrons. The summed E-state index contributed by atoms with van der Waals surface area (Å²) in [5.74, 6) is -0.269. The van der Waals surface area contributed by atoms with Crippen molar-refractivity contribution in [3.63, 3.8) is 0 Å². The van der Waals surface area contributed by atoms with Gasteiger partial charge >= 0.3 is 0 Å². The monoisotopic (exact) mass is 248 g/mol. The lowest BCUT2D eigenvalue weighted by atomic mass is 10.1. The molecule has 0 aliphatic carbocycles. The highest BCUT2D eigenvalue weighted by molar-refractivity contribution is 7.07. The topological polar surface area (TPSA) is 62.2 Å². The molecule has 0 fully saturated rings. The van der Waals surface area contributed by atoms with Crippen LogP contribution in [0.25, 0.3) is 0 Å². The van der Waals surface area contributed by atoms with Crippen molar-refractivity contribution in [3.8, 4) is 0 Å². The molecule has 2 N–H and O–H groups in total. The van der Waals surface area contributed by atoms with Crippen LogP contribution < -0.4 is 5.32 Å². The predicted octanol–water partition coefficient (Wildman–Crippen LogP) is 1.61. The average Bonchev–Trinajstić information content (AvgIpc) is 2.90. The Balaban J connectivity index is 2.09. The van der Waals surface area contributed by atoms with Crippen molar-refractivity contribution in [1.82, 2.24) is 10.3 Å². The third-order valence-corrected chi connectivity index (χ3v) is 2.94. The number of hydrogen-bond donors (Lipinski definition) is 2. The van der Waals surface area contributed by atoms with Gasteiger partial charge in [-0.1, -0.05) is 30.3 Å². The first-order valence-corrected chi connectivity index (χ1v) is 6.10. The number of rotatable bonds is 4. The first-order valence-electron chi connectivity index (χ1n) is 5.16.